The summed E-state index contributed by atoms with van der Waals surface area (Å²) in [6.45, 7) is 7.27. The van der Waals surface area contributed by atoms with E-state index in [1.165, 1.54) is 62.3 Å². The van der Waals surface area contributed by atoms with Crippen molar-refractivity contribution in [1.29, 1.82) is 0 Å². The number of piperidine rings is 2. The summed E-state index contributed by atoms with van der Waals surface area (Å²) < 4.78 is 95.2. The maximum Gasteiger partial charge on any atom is 0.490 e. The number of halogens is 9. The number of carboxylic acid groups (broad SMARTS) is 3. The number of nitrogens with zero attached hydrogens (tertiary/aromatic N) is 3. The van der Waals surface area contributed by atoms with Crippen molar-refractivity contribution in [1.82, 2.24) is 14.8 Å². The van der Waals surface area contributed by atoms with Crippen LogP contribution >= 0.6 is 11.3 Å². The Morgan fingerprint density at radius 2 is 1.11 bits per heavy atom. The van der Waals surface area contributed by atoms with Crippen LogP contribution < -0.4 is 0 Å². The van der Waals surface area contributed by atoms with E-state index in [0.717, 1.165) is 13.1 Å². The van der Waals surface area contributed by atoms with Gasteiger partial charge in [-0.05, 0) is 80.4 Å². The van der Waals surface area contributed by atoms with Gasteiger partial charge in [-0.3, -0.25) is 14.8 Å². The minimum absolute atomic E-state index is 0.622. The lowest BCUT2D eigenvalue weighted by Gasteiger charge is -2.47. The number of carbonyl (C=O) groups is 3. The van der Waals surface area contributed by atoms with E-state index in [-0.39, 0.29) is 0 Å². The van der Waals surface area contributed by atoms with Gasteiger partial charge in [-0.1, -0.05) is 12.1 Å². The summed E-state index contributed by atoms with van der Waals surface area (Å²) in [4.78, 5) is 37.7. The molecule has 2 fully saturated rings. The highest BCUT2D eigenvalue weighted by atomic mass is 32.1. The van der Waals surface area contributed by atoms with Gasteiger partial charge in [-0.2, -0.15) is 39.5 Å². The molecule has 0 radical (unpaired) electrons. The third-order valence-corrected chi connectivity index (χ3v) is 7.51. The molecule has 0 amide bonds. The van der Waals surface area contributed by atoms with Crippen LogP contribution in [0.3, 0.4) is 0 Å². The first-order valence-corrected chi connectivity index (χ1v) is 13.8. The molecular weight excluding hydrogens is 653 g/mol. The average molecular weight is 684 g/mol. The highest BCUT2D eigenvalue weighted by Crippen LogP contribution is 2.41. The van der Waals surface area contributed by atoms with Gasteiger partial charge in [0.15, 0.2) is 0 Å². The number of alkyl halides is 9. The molecule has 1 spiro atoms. The summed E-state index contributed by atoms with van der Waals surface area (Å²) in [5.41, 5.74) is 1.97. The maximum absolute atomic E-state index is 10.6. The molecule has 0 aliphatic carbocycles. The number of pyridine rings is 1. The normalized spacial score (nSPS) is 17.0. The molecule has 2 saturated heterocycles. The molecule has 0 bridgehead atoms. The first-order valence-electron chi connectivity index (χ1n) is 12.9. The molecule has 2 aliphatic rings. The maximum atomic E-state index is 10.6. The van der Waals surface area contributed by atoms with E-state index >= 15 is 0 Å². The van der Waals surface area contributed by atoms with E-state index in [1.807, 2.05) is 29.8 Å². The number of likely N-dealkylation sites (tertiary alicyclic amines) is 2. The molecule has 0 saturated carbocycles. The van der Waals surface area contributed by atoms with Gasteiger partial charge in [0, 0.05) is 30.4 Å². The second-order valence-electron chi connectivity index (χ2n) is 9.90. The average Bonchev–Trinajstić information content (AvgIpc) is 3.45. The first-order chi connectivity index (χ1) is 20.6. The van der Waals surface area contributed by atoms with Crippen molar-refractivity contribution in [2.75, 3.05) is 26.2 Å². The largest absolute Gasteiger partial charge is 0.490 e. The third-order valence-electron chi connectivity index (χ3n) is 6.65. The van der Waals surface area contributed by atoms with Crippen LogP contribution in [-0.2, 0) is 27.5 Å². The molecular formula is C26H30F9N3O6S. The topological polar surface area (TPSA) is 131 Å². The van der Waals surface area contributed by atoms with Crippen LogP contribution in [-0.4, -0.2) is 92.7 Å². The Bertz CT molecular complexity index is 1120. The second-order valence-corrected chi connectivity index (χ2v) is 10.9. The molecule has 2 aliphatic heterocycles. The predicted octanol–water partition coefficient (Wildman–Crippen LogP) is 5.92. The van der Waals surface area contributed by atoms with Crippen molar-refractivity contribution in [3.05, 3.63) is 52.5 Å². The lowest BCUT2D eigenvalue weighted by Crippen LogP contribution is -2.46. The standard InChI is InChI=1S/C20H27N3S.3C2HF3O2/c1-3-18(15-21-9-1)16-22-10-5-20(6-11-22)7-12-23(13-8-20)17-19-4-2-14-24-19;3*3-2(4,5)1(6)7/h1-4,9,14-15H,5-8,10-13,16-17H2;3*(H,6,7). The molecule has 0 unspecified atom stereocenters. The minimum atomic E-state index is -5.08. The van der Waals surface area contributed by atoms with Gasteiger partial charge in [0.05, 0.1) is 0 Å². The number of carboxylic acids is 3. The van der Waals surface area contributed by atoms with E-state index in [9.17, 15) is 39.5 Å². The Morgan fingerprint density at radius 1 is 0.711 bits per heavy atom. The summed E-state index contributed by atoms with van der Waals surface area (Å²) in [6, 6.07) is 8.68. The second kappa shape index (κ2) is 17.3. The number of hydrogen-bond acceptors (Lipinski definition) is 7. The van der Waals surface area contributed by atoms with Gasteiger partial charge in [-0.25, -0.2) is 14.4 Å². The van der Waals surface area contributed by atoms with Crippen LogP contribution in [0.25, 0.3) is 0 Å². The smallest absolute Gasteiger partial charge is 0.475 e. The Hall–Kier alpha value is -3.45. The van der Waals surface area contributed by atoms with Crippen molar-refractivity contribution in [3.8, 4) is 0 Å². The van der Waals surface area contributed by atoms with Crippen molar-refractivity contribution in [2.24, 2.45) is 5.41 Å². The van der Waals surface area contributed by atoms with Gasteiger partial charge < -0.3 is 15.3 Å². The SMILES string of the molecule is O=C(O)C(F)(F)F.O=C(O)C(F)(F)F.O=C(O)C(F)(F)F.c1cncc(CN2CCC3(CC2)CCN(Cc2cccs2)CC3)c1. The Morgan fingerprint density at radius 3 is 1.42 bits per heavy atom. The lowest BCUT2D eigenvalue weighted by atomic mass is 9.71. The fourth-order valence-corrected chi connectivity index (χ4v) is 4.99. The molecule has 19 heteroatoms. The zero-order chi connectivity index (χ0) is 34.5. The third kappa shape index (κ3) is 15.9. The van der Waals surface area contributed by atoms with Crippen molar-refractivity contribution >= 4 is 29.2 Å². The molecule has 9 nitrogen and oxygen atoms in total. The molecule has 45 heavy (non-hydrogen) atoms. The monoisotopic (exact) mass is 683 g/mol. The Labute approximate surface area is 254 Å². The van der Waals surface area contributed by atoms with E-state index in [0.29, 0.717) is 5.41 Å². The minimum Gasteiger partial charge on any atom is -0.475 e. The van der Waals surface area contributed by atoms with Crippen molar-refractivity contribution in [3.63, 3.8) is 0 Å². The van der Waals surface area contributed by atoms with Gasteiger partial charge >= 0.3 is 36.4 Å². The van der Waals surface area contributed by atoms with Crippen LogP contribution in [0.1, 0.15) is 36.1 Å². The molecule has 2 aromatic heterocycles. The number of hydrogen-bond donors (Lipinski definition) is 3. The summed E-state index contributed by atoms with van der Waals surface area (Å²) >= 11 is 1.89. The highest BCUT2D eigenvalue weighted by molar-refractivity contribution is 7.09. The molecule has 0 atom stereocenters. The number of rotatable bonds is 4. The fraction of sp³-hybridized carbons (Fsp3) is 0.538. The molecule has 0 aromatic carbocycles. The van der Waals surface area contributed by atoms with Crippen LogP contribution in [0.4, 0.5) is 39.5 Å². The first kappa shape index (κ1) is 39.6. The van der Waals surface area contributed by atoms with E-state index in [1.54, 1.807) is 0 Å². The van der Waals surface area contributed by atoms with Crippen LogP contribution in [0.5, 0.6) is 0 Å². The summed E-state index contributed by atoms with van der Waals surface area (Å²) in [5, 5.41) is 23.6. The van der Waals surface area contributed by atoms with Gasteiger partial charge in [-0.15, -0.1) is 11.3 Å². The highest BCUT2D eigenvalue weighted by Gasteiger charge is 2.40. The van der Waals surface area contributed by atoms with E-state index in [4.69, 9.17) is 29.7 Å². The molecule has 4 heterocycles. The van der Waals surface area contributed by atoms with Crippen LogP contribution in [0.15, 0.2) is 42.0 Å². The van der Waals surface area contributed by atoms with Crippen molar-refractivity contribution in [2.45, 2.75) is 57.3 Å². The quantitative estimate of drug-likeness (QED) is 0.336. The predicted molar refractivity (Wildman–Crippen MR) is 141 cm³/mol. The summed E-state index contributed by atoms with van der Waals surface area (Å²) in [7, 11) is 0. The Kier molecular flexibility index (Phi) is 15.2. The number of aliphatic carboxylic acids is 3. The van der Waals surface area contributed by atoms with E-state index < -0.39 is 36.4 Å². The molecule has 2 aromatic rings. The zero-order valence-corrected chi connectivity index (χ0v) is 24.1. The summed E-state index contributed by atoms with van der Waals surface area (Å²) in [6.07, 6.45) is -5.86. The van der Waals surface area contributed by atoms with Crippen LogP contribution in [0, 0.1) is 5.41 Å². The zero-order valence-electron chi connectivity index (χ0n) is 23.3. The number of aromatic nitrogens is 1. The van der Waals surface area contributed by atoms with Crippen molar-refractivity contribution < 1.29 is 69.2 Å². The van der Waals surface area contributed by atoms with Gasteiger partial charge in [0.2, 0.25) is 0 Å². The van der Waals surface area contributed by atoms with Crippen LogP contribution in [0.2, 0.25) is 0 Å². The number of thiophene rings is 1. The van der Waals surface area contributed by atoms with E-state index in [2.05, 4.69) is 38.4 Å². The lowest BCUT2D eigenvalue weighted by molar-refractivity contribution is -0.193. The Balaban J connectivity index is 0.000000396. The molecule has 254 valence electrons. The fourth-order valence-electron chi connectivity index (χ4n) is 4.24. The molecule has 3 N–H and O–H groups in total. The summed E-state index contributed by atoms with van der Waals surface area (Å²) in [5.74, 6) is -8.27. The van der Waals surface area contributed by atoms with Gasteiger partial charge in [0.1, 0.15) is 0 Å². The van der Waals surface area contributed by atoms with Gasteiger partial charge in [0.25, 0.3) is 0 Å². The molecule has 4 rings (SSSR count).